The molecule has 0 aromatic carbocycles. The molecular formula is C11H21ClO4S. The molecule has 0 aromatic heterocycles. The third kappa shape index (κ3) is 7.24. The van der Waals surface area contributed by atoms with Crippen LogP contribution >= 0.6 is 10.7 Å². The summed E-state index contributed by atoms with van der Waals surface area (Å²) in [7, 11) is 3.50. The molecule has 1 aliphatic carbocycles. The minimum absolute atomic E-state index is 0.0310. The molecule has 0 spiro atoms. The van der Waals surface area contributed by atoms with Gasteiger partial charge in [-0.2, -0.15) is 0 Å². The Bertz CT molecular complexity index is 305. The summed E-state index contributed by atoms with van der Waals surface area (Å²) in [5, 5.41) is 0. The van der Waals surface area contributed by atoms with Gasteiger partial charge in [0, 0.05) is 24.4 Å². The molecule has 4 nitrogen and oxygen atoms in total. The van der Waals surface area contributed by atoms with E-state index in [1.807, 2.05) is 0 Å². The molecule has 0 heterocycles. The Labute approximate surface area is 108 Å². The maximum atomic E-state index is 10.7. The van der Waals surface area contributed by atoms with Crippen LogP contribution in [0.4, 0.5) is 0 Å². The molecule has 6 heteroatoms. The van der Waals surface area contributed by atoms with Crippen molar-refractivity contribution in [2.75, 3.05) is 19.5 Å². The number of halogens is 1. The second-order valence-electron chi connectivity index (χ2n) is 4.47. The Morgan fingerprint density at radius 3 is 2.59 bits per heavy atom. The highest BCUT2D eigenvalue weighted by Crippen LogP contribution is 2.23. The second-order valence-corrected chi connectivity index (χ2v) is 7.36. The summed E-state index contributed by atoms with van der Waals surface area (Å²) in [6.45, 7) is 0.605. The molecule has 0 aromatic rings. The van der Waals surface area contributed by atoms with E-state index in [4.69, 9.17) is 20.2 Å². The zero-order valence-corrected chi connectivity index (χ0v) is 11.8. The van der Waals surface area contributed by atoms with E-state index < -0.39 is 9.05 Å². The van der Waals surface area contributed by atoms with Gasteiger partial charge in [0.25, 0.3) is 0 Å². The molecule has 0 N–H and O–H groups in total. The van der Waals surface area contributed by atoms with E-state index in [0.29, 0.717) is 19.1 Å². The first-order valence-electron chi connectivity index (χ1n) is 6.08. The monoisotopic (exact) mass is 284 g/mol. The van der Waals surface area contributed by atoms with Crippen molar-refractivity contribution in [2.24, 2.45) is 0 Å². The van der Waals surface area contributed by atoms with E-state index in [-0.39, 0.29) is 11.9 Å². The molecule has 0 radical (unpaired) electrons. The summed E-state index contributed by atoms with van der Waals surface area (Å²) in [4.78, 5) is 0. The van der Waals surface area contributed by atoms with Gasteiger partial charge in [-0.3, -0.25) is 0 Å². The number of hydrogen-bond donors (Lipinski definition) is 0. The Balaban J connectivity index is 2.06. The molecule has 1 saturated carbocycles. The lowest BCUT2D eigenvalue weighted by Crippen LogP contribution is -2.27. The van der Waals surface area contributed by atoms with Crippen LogP contribution in [0.2, 0.25) is 0 Å². The molecular weight excluding hydrogens is 264 g/mol. The number of methoxy groups -OCH3 is 1. The molecule has 1 rings (SSSR count). The van der Waals surface area contributed by atoms with Gasteiger partial charge in [0.05, 0.1) is 18.0 Å². The van der Waals surface area contributed by atoms with E-state index in [1.165, 1.54) is 0 Å². The quantitative estimate of drug-likeness (QED) is 0.532. The third-order valence-corrected chi connectivity index (χ3v) is 4.29. The van der Waals surface area contributed by atoms with E-state index >= 15 is 0 Å². The van der Waals surface area contributed by atoms with Crippen molar-refractivity contribution in [1.82, 2.24) is 0 Å². The standard InChI is InChI=1S/C11H21ClO4S/c1-15-10-5-4-6-11(9-10)16-7-2-3-8-17(12,13)14/h10-11H,2-9H2,1H3. The highest BCUT2D eigenvalue weighted by Gasteiger charge is 2.21. The molecule has 0 saturated heterocycles. The van der Waals surface area contributed by atoms with Crippen LogP contribution < -0.4 is 0 Å². The van der Waals surface area contributed by atoms with Crippen LogP contribution in [-0.2, 0) is 18.5 Å². The fourth-order valence-corrected chi connectivity index (χ4v) is 2.97. The van der Waals surface area contributed by atoms with Gasteiger partial charge in [-0.1, -0.05) is 0 Å². The van der Waals surface area contributed by atoms with Crippen LogP contribution in [0.5, 0.6) is 0 Å². The van der Waals surface area contributed by atoms with Gasteiger partial charge in [-0.25, -0.2) is 8.42 Å². The van der Waals surface area contributed by atoms with Crippen molar-refractivity contribution in [1.29, 1.82) is 0 Å². The van der Waals surface area contributed by atoms with Gasteiger partial charge in [0.15, 0.2) is 0 Å². The first-order valence-corrected chi connectivity index (χ1v) is 8.56. The Kier molecular flexibility index (Phi) is 6.77. The minimum Gasteiger partial charge on any atom is -0.381 e. The van der Waals surface area contributed by atoms with E-state index in [2.05, 4.69) is 0 Å². The maximum Gasteiger partial charge on any atom is 0.232 e. The molecule has 1 fully saturated rings. The topological polar surface area (TPSA) is 52.6 Å². The predicted octanol–water partition coefficient (Wildman–Crippen LogP) is 2.31. The van der Waals surface area contributed by atoms with Crippen molar-refractivity contribution in [3.05, 3.63) is 0 Å². The van der Waals surface area contributed by atoms with Crippen molar-refractivity contribution in [3.63, 3.8) is 0 Å². The van der Waals surface area contributed by atoms with Crippen LogP contribution in [0, 0.1) is 0 Å². The molecule has 2 atom stereocenters. The van der Waals surface area contributed by atoms with Gasteiger partial charge in [-0.15, -0.1) is 0 Å². The van der Waals surface area contributed by atoms with Crippen molar-refractivity contribution < 1.29 is 17.9 Å². The van der Waals surface area contributed by atoms with Crippen LogP contribution in [0.15, 0.2) is 0 Å². The van der Waals surface area contributed by atoms with Gasteiger partial charge >= 0.3 is 0 Å². The lowest BCUT2D eigenvalue weighted by atomic mass is 9.95. The van der Waals surface area contributed by atoms with Gasteiger partial charge < -0.3 is 9.47 Å². The Morgan fingerprint density at radius 1 is 1.24 bits per heavy atom. The molecule has 0 amide bonds. The molecule has 1 aliphatic rings. The summed E-state index contributed by atoms with van der Waals surface area (Å²) in [6.07, 6.45) is 6.16. The Morgan fingerprint density at radius 2 is 1.94 bits per heavy atom. The van der Waals surface area contributed by atoms with Crippen LogP contribution in [-0.4, -0.2) is 40.1 Å². The van der Waals surface area contributed by atoms with Crippen molar-refractivity contribution in [2.45, 2.75) is 50.7 Å². The van der Waals surface area contributed by atoms with E-state index in [9.17, 15) is 8.42 Å². The lowest BCUT2D eigenvalue weighted by molar-refractivity contribution is -0.0299. The third-order valence-electron chi connectivity index (χ3n) is 3.05. The smallest absolute Gasteiger partial charge is 0.232 e. The SMILES string of the molecule is COC1CCCC(OCCCCS(=O)(=O)Cl)C1. The van der Waals surface area contributed by atoms with Gasteiger partial charge in [0.1, 0.15) is 0 Å². The summed E-state index contributed by atoms with van der Waals surface area (Å²) in [5.41, 5.74) is 0. The Hall–Kier alpha value is 0.160. The number of hydrogen-bond acceptors (Lipinski definition) is 4. The predicted molar refractivity (Wildman–Crippen MR) is 67.9 cm³/mol. The zero-order valence-electron chi connectivity index (χ0n) is 10.2. The zero-order chi connectivity index (χ0) is 12.7. The minimum atomic E-state index is -3.35. The number of rotatable bonds is 7. The summed E-state index contributed by atoms with van der Waals surface area (Å²) >= 11 is 0. The molecule has 17 heavy (non-hydrogen) atoms. The van der Waals surface area contributed by atoms with E-state index in [1.54, 1.807) is 7.11 Å². The van der Waals surface area contributed by atoms with Gasteiger partial charge in [-0.05, 0) is 38.5 Å². The average molecular weight is 285 g/mol. The summed E-state index contributed by atoms with van der Waals surface area (Å²) in [5.74, 6) is 0.0310. The lowest BCUT2D eigenvalue weighted by Gasteiger charge is -2.28. The summed E-state index contributed by atoms with van der Waals surface area (Å²) < 4.78 is 32.4. The fraction of sp³-hybridized carbons (Fsp3) is 1.00. The molecule has 0 aliphatic heterocycles. The first kappa shape index (κ1) is 15.2. The molecule has 102 valence electrons. The number of ether oxygens (including phenoxy) is 2. The largest absolute Gasteiger partial charge is 0.381 e. The van der Waals surface area contributed by atoms with Gasteiger partial charge in [0.2, 0.25) is 9.05 Å². The maximum absolute atomic E-state index is 10.7. The van der Waals surface area contributed by atoms with Crippen LogP contribution in [0.25, 0.3) is 0 Å². The molecule has 2 unspecified atom stereocenters. The highest BCUT2D eigenvalue weighted by molar-refractivity contribution is 8.13. The van der Waals surface area contributed by atoms with E-state index in [0.717, 1.165) is 32.1 Å². The fourth-order valence-electron chi connectivity index (χ4n) is 2.09. The van der Waals surface area contributed by atoms with Crippen LogP contribution in [0.3, 0.4) is 0 Å². The van der Waals surface area contributed by atoms with Crippen molar-refractivity contribution in [3.8, 4) is 0 Å². The normalized spacial score (nSPS) is 26.0. The molecule has 0 bridgehead atoms. The second kappa shape index (κ2) is 7.56. The van der Waals surface area contributed by atoms with Crippen molar-refractivity contribution >= 4 is 19.7 Å². The first-order chi connectivity index (χ1) is 8.01. The summed E-state index contributed by atoms with van der Waals surface area (Å²) in [6, 6.07) is 0. The average Bonchev–Trinajstić information content (AvgIpc) is 2.27. The number of unbranched alkanes of at least 4 members (excludes halogenated alkanes) is 1. The highest BCUT2D eigenvalue weighted by atomic mass is 35.7. The van der Waals surface area contributed by atoms with Crippen LogP contribution in [0.1, 0.15) is 38.5 Å².